The third kappa shape index (κ3) is 5.12. The number of hydrogen-bond acceptors (Lipinski definition) is 2. The van der Waals surface area contributed by atoms with Crippen molar-refractivity contribution in [3.8, 4) is 0 Å². The maximum atomic E-state index is 3.50. The Hall–Kier alpha value is -0.770. The Morgan fingerprint density at radius 3 is 2.32 bits per heavy atom. The molecule has 25 heavy (non-hydrogen) atoms. The van der Waals surface area contributed by atoms with Crippen molar-refractivity contribution in [1.82, 2.24) is 4.90 Å². The van der Waals surface area contributed by atoms with Gasteiger partial charge in [-0.3, -0.25) is 4.90 Å². The van der Waals surface area contributed by atoms with Crippen molar-refractivity contribution in [2.24, 2.45) is 0 Å². The van der Waals surface area contributed by atoms with E-state index in [1.54, 1.807) is 11.1 Å². The lowest BCUT2D eigenvalue weighted by molar-refractivity contribution is 0.202. The van der Waals surface area contributed by atoms with E-state index in [9.17, 15) is 0 Å². The predicted octanol–water partition coefficient (Wildman–Crippen LogP) is 6.33. The number of nitrogens with zero attached hydrogens (tertiary/aromatic N) is 1. The molecule has 0 saturated heterocycles. The van der Waals surface area contributed by atoms with Gasteiger partial charge in [0.25, 0.3) is 0 Å². The summed E-state index contributed by atoms with van der Waals surface area (Å²) in [4.78, 5) is 4.04. The van der Waals surface area contributed by atoms with Crippen LogP contribution >= 0.6 is 27.7 Å². The van der Waals surface area contributed by atoms with E-state index in [1.807, 2.05) is 11.8 Å². The second-order valence-corrected chi connectivity index (χ2v) is 8.91. The fourth-order valence-electron chi connectivity index (χ4n) is 3.75. The van der Waals surface area contributed by atoms with E-state index in [4.69, 9.17) is 0 Å². The van der Waals surface area contributed by atoms with E-state index in [1.165, 1.54) is 49.2 Å². The number of benzene rings is 2. The molecular formula is C22H28BrNS. The molecule has 1 aliphatic rings. The molecular weight excluding hydrogens is 390 g/mol. The van der Waals surface area contributed by atoms with Gasteiger partial charge in [-0.2, -0.15) is 0 Å². The molecule has 0 radical (unpaired) electrons. The van der Waals surface area contributed by atoms with Crippen LogP contribution in [0.4, 0.5) is 0 Å². The van der Waals surface area contributed by atoms with Crippen LogP contribution in [-0.4, -0.2) is 24.0 Å². The smallest absolute Gasteiger partial charge is 0.0232 e. The quantitative estimate of drug-likeness (QED) is 0.461. The third-order valence-electron chi connectivity index (χ3n) is 4.94. The first-order valence-electron chi connectivity index (χ1n) is 9.42. The monoisotopic (exact) mass is 417 g/mol. The summed E-state index contributed by atoms with van der Waals surface area (Å²) in [5, 5.41) is 0. The molecule has 0 N–H and O–H groups in total. The van der Waals surface area contributed by atoms with Crippen LogP contribution in [0, 0.1) is 0 Å². The second kappa shape index (κ2) is 9.25. The number of halogens is 1. The highest BCUT2D eigenvalue weighted by Crippen LogP contribution is 2.30. The average molecular weight is 418 g/mol. The second-order valence-electron chi connectivity index (χ2n) is 6.94. The Bertz CT molecular complexity index is 677. The van der Waals surface area contributed by atoms with Gasteiger partial charge in [-0.25, -0.2) is 0 Å². The summed E-state index contributed by atoms with van der Waals surface area (Å²) in [6.45, 7) is 7.06. The predicted molar refractivity (Wildman–Crippen MR) is 113 cm³/mol. The first-order valence-corrected chi connectivity index (χ1v) is 11.2. The lowest BCUT2D eigenvalue weighted by Crippen LogP contribution is -2.37. The fraction of sp³-hybridized carbons (Fsp3) is 0.455. The van der Waals surface area contributed by atoms with Crippen molar-refractivity contribution in [1.29, 1.82) is 0 Å². The van der Waals surface area contributed by atoms with Crippen molar-refractivity contribution in [2.75, 3.05) is 13.1 Å². The summed E-state index contributed by atoms with van der Waals surface area (Å²) in [5.41, 5.74) is 4.60. The van der Waals surface area contributed by atoms with Gasteiger partial charge in [0.1, 0.15) is 0 Å². The minimum Gasteiger partial charge on any atom is -0.300 e. The molecule has 1 atom stereocenters. The summed E-state index contributed by atoms with van der Waals surface area (Å²) >= 11 is 5.42. The molecule has 0 aromatic heterocycles. The van der Waals surface area contributed by atoms with Gasteiger partial charge in [0, 0.05) is 21.2 Å². The van der Waals surface area contributed by atoms with Gasteiger partial charge in [0.05, 0.1) is 0 Å². The highest BCUT2D eigenvalue weighted by atomic mass is 79.9. The van der Waals surface area contributed by atoms with Crippen molar-refractivity contribution in [3.63, 3.8) is 0 Å². The summed E-state index contributed by atoms with van der Waals surface area (Å²) in [6, 6.07) is 16.5. The highest BCUT2D eigenvalue weighted by Gasteiger charge is 2.26. The van der Waals surface area contributed by atoms with Crippen LogP contribution in [0.15, 0.2) is 51.8 Å². The number of rotatable bonds is 8. The van der Waals surface area contributed by atoms with Crippen molar-refractivity contribution in [3.05, 3.63) is 63.6 Å². The van der Waals surface area contributed by atoms with Crippen LogP contribution in [0.3, 0.4) is 0 Å². The van der Waals surface area contributed by atoms with Crippen molar-refractivity contribution in [2.45, 2.75) is 56.2 Å². The average Bonchev–Trinajstić information content (AvgIpc) is 3.04. The molecule has 3 heteroatoms. The Balaban J connectivity index is 1.62. The third-order valence-corrected chi connectivity index (χ3v) is 6.55. The molecule has 0 aliphatic heterocycles. The zero-order valence-corrected chi connectivity index (χ0v) is 17.7. The first-order chi connectivity index (χ1) is 12.2. The van der Waals surface area contributed by atoms with Crippen molar-refractivity contribution >= 4 is 27.7 Å². The highest BCUT2D eigenvalue weighted by molar-refractivity contribution is 9.10. The Morgan fingerprint density at radius 1 is 0.960 bits per heavy atom. The van der Waals surface area contributed by atoms with Gasteiger partial charge >= 0.3 is 0 Å². The first kappa shape index (κ1) is 19.0. The van der Waals surface area contributed by atoms with Crippen LogP contribution in [0.5, 0.6) is 0 Å². The summed E-state index contributed by atoms with van der Waals surface area (Å²) in [7, 11) is 0. The van der Waals surface area contributed by atoms with Crippen LogP contribution in [-0.2, 0) is 18.6 Å². The van der Waals surface area contributed by atoms with Gasteiger partial charge in [-0.1, -0.05) is 48.0 Å². The normalized spacial score (nSPS) is 16.4. The standard InChI is InChI=1S/C22H28BrNS/c1-3-11-24(12-4-2)21-14-18-6-5-17(13-19(18)15-21)16-25-22-9-7-20(23)8-10-22/h5-10,13,21H,3-4,11-12,14-16H2,1-2H3/t21-/m1/s1. The van der Waals surface area contributed by atoms with Gasteiger partial charge in [-0.15, -0.1) is 11.8 Å². The molecule has 0 bridgehead atoms. The van der Waals surface area contributed by atoms with E-state index < -0.39 is 0 Å². The van der Waals surface area contributed by atoms with E-state index in [0.717, 1.165) is 10.2 Å². The van der Waals surface area contributed by atoms with Gasteiger partial charge in [0.15, 0.2) is 0 Å². The van der Waals surface area contributed by atoms with Gasteiger partial charge < -0.3 is 0 Å². The molecule has 0 fully saturated rings. The molecule has 0 unspecified atom stereocenters. The van der Waals surface area contributed by atoms with Crippen molar-refractivity contribution < 1.29 is 0 Å². The van der Waals surface area contributed by atoms with Crippen LogP contribution in [0.1, 0.15) is 43.4 Å². The van der Waals surface area contributed by atoms with E-state index in [-0.39, 0.29) is 0 Å². The summed E-state index contributed by atoms with van der Waals surface area (Å²) < 4.78 is 1.14. The molecule has 3 rings (SSSR count). The lowest BCUT2D eigenvalue weighted by atomic mass is 10.1. The van der Waals surface area contributed by atoms with Gasteiger partial charge in [-0.05, 0) is 79.7 Å². The Kier molecular flexibility index (Phi) is 7.03. The molecule has 2 aromatic rings. The summed E-state index contributed by atoms with van der Waals surface area (Å²) in [6.07, 6.45) is 4.96. The molecule has 0 heterocycles. The minimum atomic E-state index is 0.712. The lowest BCUT2D eigenvalue weighted by Gasteiger charge is -2.27. The molecule has 134 valence electrons. The molecule has 0 saturated carbocycles. The SMILES string of the molecule is CCCN(CCC)[C@@H]1Cc2ccc(CSc3ccc(Br)cc3)cc2C1. The molecule has 2 aromatic carbocycles. The largest absolute Gasteiger partial charge is 0.300 e. The number of thioether (sulfide) groups is 1. The van der Waals surface area contributed by atoms with E-state index >= 15 is 0 Å². The summed E-state index contributed by atoms with van der Waals surface area (Å²) in [5.74, 6) is 1.05. The van der Waals surface area contributed by atoms with Gasteiger partial charge in [0.2, 0.25) is 0 Å². The zero-order valence-electron chi connectivity index (χ0n) is 15.3. The van der Waals surface area contributed by atoms with E-state index in [0.29, 0.717) is 6.04 Å². The zero-order chi connectivity index (χ0) is 17.6. The molecule has 1 aliphatic carbocycles. The van der Waals surface area contributed by atoms with Crippen LogP contribution < -0.4 is 0 Å². The minimum absolute atomic E-state index is 0.712. The van der Waals surface area contributed by atoms with Crippen LogP contribution in [0.25, 0.3) is 0 Å². The molecule has 0 spiro atoms. The maximum Gasteiger partial charge on any atom is 0.0232 e. The molecule has 0 amide bonds. The Labute approximate surface area is 165 Å². The van der Waals surface area contributed by atoms with E-state index in [2.05, 4.69) is 77.1 Å². The Morgan fingerprint density at radius 2 is 1.64 bits per heavy atom. The topological polar surface area (TPSA) is 3.24 Å². The fourth-order valence-corrected chi connectivity index (χ4v) is 4.85. The molecule has 1 nitrogen and oxygen atoms in total. The maximum absolute atomic E-state index is 3.50. The van der Waals surface area contributed by atoms with Crippen LogP contribution in [0.2, 0.25) is 0 Å². The number of hydrogen-bond donors (Lipinski definition) is 0. The number of fused-ring (bicyclic) bond motifs is 1.